The third-order valence-electron chi connectivity index (χ3n) is 8.21. The van der Waals surface area contributed by atoms with Gasteiger partial charge in [0, 0.05) is 28.7 Å². The number of anilines is 1. The molecule has 2 amide bonds. The topological polar surface area (TPSA) is 107 Å². The zero-order valence-corrected chi connectivity index (χ0v) is 27.3. The maximum Gasteiger partial charge on any atom is 0.408 e. The van der Waals surface area contributed by atoms with Gasteiger partial charge in [-0.2, -0.15) is 5.10 Å². The number of pyridine rings is 1. The van der Waals surface area contributed by atoms with E-state index in [1.54, 1.807) is 6.20 Å². The molecule has 9 nitrogen and oxygen atoms in total. The highest BCUT2D eigenvalue weighted by molar-refractivity contribution is 6.77. The molecule has 0 bridgehead atoms. The molecule has 0 saturated heterocycles. The van der Waals surface area contributed by atoms with Crippen LogP contribution in [0, 0.1) is 24.7 Å². The first kappa shape index (κ1) is 31.2. The summed E-state index contributed by atoms with van der Waals surface area (Å²) in [6, 6.07) is 3.13. The fraction of sp³-hybridized carbons (Fsp3) is 0.677. The van der Waals surface area contributed by atoms with E-state index in [-0.39, 0.29) is 17.6 Å². The minimum atomic E-state index is -1.41. The van der Waals surface area contributed by atoms with Gasteiger partial charge in [0.05, 0.1) is 13.8 Å². The second-order valence-electron chi connectivity index (χ2n) is 13.9. The number of aryl methyl sites for hydroxylation is 1. The molecule has 2 N–H and O–H groups in total. The van der Waals surface area contributed by atoms with Crippen molar-refractivity contribution in [2.75, 3.05) is 5.32 Å². The summed E-state index contributed by atoms with van der Waals surface area (Å²) in [4.78, 5) is 30.9. The standard InChI is InChI=1S/C31H49N5O4Si/c1-10-24-26(19(2)35-36(24)18-39-20(3)41(7,8)9)23-15-16-25(32-17-23)33-29(37)28(34-30(38)40-31(4,5)6)27(21-11-12-21)22-13-14-22/h15-17,20-22,27-28H,10-14,18H2,1-9H3,(H,34,38)(H,32,33,37). The predicted octanol–water partition coefficient (Wildman–Crippen LogP) is 6.32. The molecule has 0 aliphatic heterocycles. The molecule has 2 aliphatic carbocycles. The lowest BCUT2D eigenvalue weighted by atomic mass is 9.89. The Morgan fingerprint density at radius 2 is 1.76 bits per heavy atom. The van der Waals surface area contributed by atoms with Crippen molar-refractivity contribution >= 4 is 25.9 Å². The molecule has 2 aliphatic rings. The molecule has 2 unspecified atom stereocenters. The van der Waals surface area contributed by atoms with Crippen LogP contribution in [0.5, 0.6) is 0 Å². The van der Waals surface area contributed by atoms with Crippen molar-refractivity contribution in [3.63, 3.8) is 0 Å². The van der Waals surface area contributed by atoms with Crippen molar-refractivity contribution in [3.8, 4) is 11.1 Å². The van der Waals surface area contributed by atoms with Crippen LogP contribution in [0.3, 0.4) is 0 Å². The van der Waals surface area contributed by atoms with Gasteiger partial charge in [0.2, 0.25) is 5.91 Å². The summed E-state index contributed by atoms with van der Waals surface area (Å²) in [7, 11) is -1.41. The molecule has 2 atom stereocenters. The second-order valence-corrected chi connectivity index (χ2v) is 19.4. The van der Waals surface area contributed by atoms with E-state index in [1.165, 1.54) is 0 Å². The van der Waals surface area contributed by atoms with Crippen LogP contribution in [0.4, 0.5) is 10.6 Å². The number of nitrogens with zero attached hydrogens (tertiary/aromatic N) is 3. The molecule has 2 heterocycles. The molecule has 2 fully saturated rings. The zero-order valence-electron chi connectivity index (χ0n) is 26.3. The molecule has 2 aromatic rings. The Labute approximate surface area is 246 Å². The van der Waals surface area contributed by atoms with Crippen LogP contribution < -0.4 is 10.6 Å². The van der Waals surface area contributed by atoms with Crippen LogP contribution in [-0.2, 0) is 27.4 Å². The first-order valence-corrected chi connectivity index (χ1v) is 18.7. The smallest absolute Gasteiger partial charge is 0.408 e. The van der Waals surface area contributed by atoms with E-state index in [9.17, 15) is 9.59 Å². The number of nitrogens with one attached hydrogen (secondary N) is 2. The predicted molar refractivity (Wildman–Crippen MR) is 164 cm³/mol. The van der Waals surface area contributed by atoms with Gasteiger partial charge in [0.25, 0.3) is 0 Å². The van der Waals surface area contributed by atoms with Gasteiger partial charge in [0.15, 0.2) is 0 Å². The number of rotatable bonds is 12. The molecular weight excluding hydrogens is 534 g/mol. The van der Waals surface area contributed by atoms with Gasteiger partial charge in [-0.05, 0) is 96.6 Å². The quantitative estimate of drug-likeness (QED) is 0.283. The number of amides is 2. The summed E-state index contributed by atoms with van der Waals surface area (Å²) in [5.74, 6) is 1.26. The number of alkyl carbamates (subject to hydrolysis) is 1. The monoisotopic (exact) mass is 583 g/mol. The zero-order chi connectivity index (χ0) is 30.1. The van der Waals surface area contributed by atoms with Gasteiger partial charge in [0.1, 0.15) is 24.2 Å². The average Bonchev–Trinajstić information content (AvgIpc) is 3.80. The SMILES string of the molecule is CCc1c(-c2ccc(NC(=O)C(NC(=O)OC(C)(C)C)C(C3CC3)C3CC3)nc2)c(C)nn1COC(C)[Si](C)(C)C. The van der Waals surface area contributed by atoms with Gasteiger partial charge in [-0.15, -0.1) is 0 Å². The van der Waals surface area contributed by atoms with Crippen LogP contribution in [0.25, 0.3) is 11.1 Å². The molecule has 4 rings (SSSR count). The van der Waals surface area contributed by atoms with Crippen molar-refractivity contribution in [1.82, 2.24) is 20.1 Å². The summed E-state index contributed by atoms with van der Waals surface area (Å²) in [5.41, 5.74) is 3.59. The molecule has 41 heavy (non-hydrogen) atoms. The maximum absolute atomic E-state index is 13.6. The molecule has 0 aromatic carbocycles. The maximum atomic E-state index is 13.6. The fourth-order valence-electron chi connectivity index (χ4n) is 5.39. The van der Waals surface area contributed by atoms with E-state index >= 15 is 0 Å². The van der Waals surface area contributed by atoms with Crippen LogP contribution in [-0.4, -0.2) is 52.2 Å². The third kappa shape index (κ3) is 8.19. The van der Waals surface area contributed by atoms with Crippen molar-refractivity contribution in [2.45, 2.75) is 117 Å². The van der Waals surface area contributed by atoms with E-state index in [0.29, 0.717) is 24.4 Å². The van der Waals surface area contributed by atoms with Crippen LogP contribution >= 0.6 is 0 Å². The highest BCUT2D eigenvalue weighted by Crippen LogP contribution is 2.51. The van der Waals surface area contributed by atoms with Crippen LogP contribution in [0.1, 0.15) is 71.7 Å². The van der Waals surface area contributed by atoms with Gasteiger partial charge in [-0.3, -0.25) is 4.79 Å². The summed E-state index contributed by atoms with van der Waals surface area (Å²) in [5, 5.41) is 10.7. The molecule has 2 aromatic heterocycles. The highest BCUT2D eigenvalue weighted by atomic mass is 28.3. The van der Waals surface area contributed by atoms with Gasteiger partial charge in [-0.25, -0.2) is 14.5 Å². The Kier molecular flexibility index (Phi) is 9.33. The number of aromatic nitrogens is 3. The summed E-state index contributed by atoms with van der Waals surface area (Å²) < 4.78 is 13.7. The normalized spacial score (nSPS) is 17.3. The van der Waals surface area contributed by atoms with Crippen molar-refractivity contribution < 1.29 is 19.1 Å². The largest absolute Gasteiger partial charge is 0.444 e. The molecule has 2 saturated carbocycles. The molecule has 0 radical (unpaired) electrons. The fourth-order valence-corrected chi connectivity index (χ4v) is 5.96. The van der Waals surface area contributed by atoms with Crippen molar-refractivity contribution in [3.05, 3.63) is 29.7 Å². The number of hydrogen-bond donors (Lipinski definition) is 2. The van der Waals surface area contributed by atoms with E-state index in [0.717, 1.165) is 54.6 Å². The Morgan fingerprint density at radius 3 is 2.24 bits per heavy atom. The molecular formula is C31H49N5O4Si. The molecule has 0 spiro atoms. The highest BCUT2D eigenvalue weighted by Gasteiger charge is 2.48. The number of ether oxygens (including phenoxy) is 2. The first-order valence-electron chi connectivity index (χ1n) is 15.1. The average molecular weight is 584 g/mol. The minimum absolute atomic E-state index is 0.119. The van der Waals surface area contributed by atoms with E-state index in [4.69, 9.17) is 14.6 Å². The Balaban J connectivity index is 1.49. The first-order chi connectivity index (χ1) is 19.2. The number of carbonyl (C=O) groups excluding carboxylic acids is 2. The minimum Gasteiger partial charge on any atom is -0.444 e. The Bertz CT molecular complexity index is 1210. The lowest BCUT2D eigenvalue weighted by Crippen LogP contribution is -2.51. The lowest BCUT2D eigenvalue weighted by Gasteiger charge is -2.29. The number of hydrogen-bond acceptors (Lipinski definition) is 6. The third-order valence-corrected chi connectivity index (χ3v) is 10.8. The van der Waals surface area contributed by atoms with E-state index < -0.39 is 25.8 Å². The van der Waals surface area contributed by atoms with Crippen LogP contribution in [0.2, 0.25) is 19.6 Å². The second kappa shape index (κ2) is 12.3. The molecule has 10 heteroatoms. The van der Waals surface area contributed by atoms with Crippen molar-refractivity contribution in [1.29, 1.82) is 0 Å². The van der Waals surface area contributed by atoms with Crippen molar-refractivity contribution in [2.24, 2.45) is 17.8 Å². The van der Waals surface area contributed by atoms with Gasteiger partial charge in [-0.1, -0.05) is 26.6 Å². The Hall–Kier alpha value is -2.72. The summed E-state index contributed by atoms with van der Waals surface area (Å²) in [6.07, 6.45) is 6.43. The summed E-state index contributed by atoms with van der Waals surface area (Å²) in [6.45, 7) is 19.1. The summed E-state index contributed by atoms with van der Waals surface area (Å²) >= 11 is 0. The van der Waals surface area contributed by atoms with Crippen LogP contribution in [0.15, 0.2) is 18.3 Å². The number of carbonyl (C=O) groups is 2. The van der Waals surface area contributed by atoms with Gasteiger partial charge < -0.3 is 20.1 Å². The van der Waals surface area contributed by atoms with Gasteiger partial charge >= 0.3 is 6.09 Å². The van der Waals surface area contributed by atoms with E-state index in [2.05, 4.69) is 49.1 Å². The molecule has 226 valence electrons. The van der Waals surface area contributed by atoms with E-state index in [1.807, 2.05) is 44.5 Å². The Morgan fingerprint density at radius 1 is 1.12 bits per heavy atom. The lowest BCUT2D eigenvalue weighted by molar-refractivity contribution is -0.120.